The lowest BCUT2D eigenvalue weighted by molar-refractivity contribution is 0.0466. The van der Waals surface area contributed by atoms with Gasteiger partial charge in [0.1, 0.15) is 5.82 Å². The highest BCUT2D eigenvalue weighted by atomic mass is 16.3. The van der Waals surface area contributed by atoms with Gasteiger partial charge in [-0.05, 0) is 44.0 Å². The van der Waals surface area contributed by atoms with Gasteiger partial charge < -0.3 is 14.6 Å². The minimum absolute atomic E-state index is 0.00286. The molecule has 22 heavy (non-hydrogen) atoms. The molecule has 0 aromatic carbocycles. The second-order valence-corrected chi connectivity index (χ2v) is 5.89. The first kappa shape index (κ1) is 14.8. The van der Waals surface area contributed by atoms with Crippen LogP contribution in [0.4, 0.5) is 0 Å². The van der Waals surface area contributed by atoms with Gasteiger partial charge in [0.05, 0.1) is 11.7 Å². The summed E-state index contributed by atoms with van der Waals surface area (Å²) in [6, 6.07) is 7.54. The molecule has 116 valence electrons. The molecule has 0 aliphatic carbocycles. The van der Waals surface area contributed by atoms with Crippen molar-refractivity contribution in [1.29, 1.82) is 0 Å². The van der Waals surface area contributed by atoms with Gasteiger partial charge in [0.25, 0.3) is 5.91 Å². The number of carbonyl (C=O) groups excluding carboxylic acids is 1. The van der Waals surface area contributed by atoms with Crippen LogP contribution in [-0.2, 0) is 0 Å². The molecule has 1 aliphatic rings. The number of piperidine rings is 1. The summed E-state index contributed by atoms with van der Waals surface area (Å²) in [7, 11) is 0. The highest BCUT2D eigenvalue weighted by Crippen LogP contribution is 2.21. The Kier molecular flexibility index (Phi) is 4.24. The summed E-state index contributed by atoms with van der Waals surface area (Å²) in [5.41, 5.74) is 0.599. The number of aliphatic hydroxyl groups excluding tert-OH is 1. The van der Waals surface area contributed by atoms with Gasteiger partial charge in [-0.25, -0.2) is 4.98 Å². The number of aromatic nitrogens is 2. The van der Waals surface area contributed by atoms with E-state index in [1.165, 1.54) is 0 Å². The Labute approximate surface area is 130 Å². The minimum atomic E-state index is -0.371. The molecular weight excluding hydrogens is 278 g/mol. The summed E-state index contributed by atoms with van der Waals surface area (Å²) < 4.78 is 1.90. The van der Waals surface area contributed by atoms with Crippen molar-refractivity contribution >= 4 is 5.91 Å². The van der Waals surface area contributed by atoms with Gasteiger partial charge >= 0.3 is 0 Å². The molecule has 2 aromatic rings. The van der Waals surface area contributed by atoms with Gasteiger partial charge in [-0.3, -0.25) is 4.79 Å². The molecule has 5 heteroatoms. The van der Waals surface area contributed by atoms with Crippen LogP contribution in [0.2, 0.25) is 0 Å². The van der Waals surface area contributed by atoms with Gasteiger partial charge in [0.2, 0.25) is 0 Å². The van der Waals surface area contributed by atoms with E-state index in [-0.39, 0.29) is 17.9 Å². The fraction of sp³-hybridized carbons (Fsp3) is 0.412. The molecule has 3 rings (SSSR count). The summed E-state index contributed by atoms with van der Waals surface area (Å²) in [5.74, 6) is 0.962. The van der Waals surface area contributed by atoms with Gasteiger partial charge in [0.15, 0.2) is 0 Å². The average Bonchev–Trinajstić information content (AvgIpc) is 3.09. The molecule has 2 unspecified atom stereocenters. The highest BCUT2D eigenvalue weighted by Gasteiger charge is 2.27. The number of carbonyl (C=O) groups is 1. The summed E-state index contributed by atoms with van der Waals surface area (Å²) in [5, 5.41) is 9.74. The monoisotopic (exact) mass is 299 g/mol. The first-order chi connectivity index (χ1) is 10.6. The van der Waals surface area contributed by atoms with Crippen molar-refractivity contribution in [3.8, 4) is 5.82 Å². The standard InChI is InChI=1S/C17H21N3O2/c1-13(21)15-5-4-10-20(12-15)17(22)14-6-7-16(18-11-14)19-8-2-3-9-19/h2-3,6-9,11,13,15,21H,4-5,10,12H2,1H3. The first-order valence-corrected chi connectivity index (χ1v) is 7.72. The number of aliphatic hydroxyl groups is 1. The van der Waals surface area contributed by atoms with Crippen LogP contribution in [-0.4, -0.2) is 44.7 Å². The van der Waals surface area contributed by atoms with E-state index < -0.39 is 0 Å². The Morgan fingerprint density at radius 3 is 2.77 bits per heavy atom. The summed E-state index contributed by atoms with van der Waals surface area (Å²) in [6.45, 7) is 3.17. The van der Waals surface area contributed by atoms with E-state index in [2.05, 4.69) is 4.98 Å². The van der Waals surface area contributed by atoms with E-state index in [4.69, 9.17) is 0 Å². The van der Waals surface area contributed by atoms with Crippen molar-refractivity contribution in [3.05, 3.63) is 48.4 Å². The zero-order valence-electron chi connectivity index (χ0n) is 12.7. The maximum absolute atomic E-state index is 12.6. The Balaban J connectivity index is 1.72. The number of hydrogen-bond donors (Lipinski definition) is 1. The van der Waals surface area contributed by atoms with Gasteiger partial charge in [-0.15, -0.1) is 0 Å². The smallest absolute Gasteiger partial charge is 0.255 e. The summed E-state index contributed by atoms with van der Waals surface area (Å²) in [6.07, 6.45) is 7.01. The van der Waals surface area contributed by atoms with Crippen molar-refractivity contribution in [2.45, 2.75) is 25.9 Å². The van der Waals surface area contributed by atoms with Gasteiger partial charge in [-0.2, -0.15) is 0 Å². The number of hydrogen-bond acceptors (Lipinski definition) is 3. The zero-order valence-corrected chi connectivity index (χ0v) is 12.7. The Bertz CT molecular complexity index is 620. The molecule has 5 nitrogen and oxygen atoms in total. The van der Waals surface area contributed by atoms with E-state index in [1.807, 2.05) is 46.1 Å². The van der Waals surface area contributed by atoms with E-state index in [0.29, 0.717) is 12.1 Å². The number of nitrogens with zero attached hydrogens (tertiary/aromatic N) is 3. The van der Waals surface area contributed by atoms with E-state index in [1.54, 1.807) is 13.1 Å². The maximum Gasteiger partial charge on any atom is 0.255 e. The third-order valence-electron chi connectivity index (χ3n) is 4.29. The zero-order chi connectivity index (χ0) is 15.5. The Hall–Kier alpha value is -2.14. The molecule has 0 bridgehead atoms. The highest BCUT2D eigenvalue weighted by molar-refractivity contribution is 5.94. The van der Waals surface area contributed by atoms with Crippen molar-refractivity contribution in [1.82, 2.24) is 14.5 Å². The number of pyridine rings is 1. The molecule has 1 fully saturated rings. The minimum Gasteiger partial charge on any atom is -0.393 e. The largest absolute Gasteiger partial charge is 0.393 e. The lowest BCUT2D eigenvalue weighted by Gasteiger charge is -2.34. The van der Waals surface area contributed by atoms with Crippen LogP contribution in [0, 0.1) is 5.92 Å². The molecular formula is C17H21N3O2. The van der Waals surface area contributed by atoms with Crippen LogP contribution >= 0.6 is 0 Å². The molecule has 3 heterocycles. The van der Waals surface area contributed by atoms with Crippen molar-refractivity contribution < 1.29 is 9.90 Å². The molecule has 0 radical (unpaired) electrons. The average molecular weight is 299 g/mol. The normalized spacial score (nSPS) is 19.9. The fourth-order valence-electron chi connectivity index (χ4n) is 2.92. The predicted molar refractivity (Wildman–Crippen MR) is 83.9 cm³/mol. The quantitative estimate of drug-likeness (QED) is 0.944. The lowest BCUT2D eigenvalue weighted by Crippen LogP contribution is -2.42. The third-order valence-corrected chi connectivity index (χ3v) is 4.29. The van der Waals surface area contributed by atoms with Crippen LogP contribution in [0.15, 0.2) is 42.9 Å². The molecule has 0 saturated carbocycles. The predicted octanol–water partition coefficient (Wildman–Crippen LogP) is 2.11. The van der Waals surface area contributed by atoms with Crippen molar-refractivity contribution in [3.63, 3.8) is 0 Å². The van der Waals surface area contributed by atoms with E-state index in [0.717, 1.165) is 25.2 Å². The Morgan fingerprint density at radius 1 is 1.36 bits per heavy atom. The van der Waals surface area contributed by atoms with Crippen LogP contribution in [0.1, 0.15) is 30.1 Å². The summed E-state index contributed by atoms with van der Waals surface area (Å²) >= 11 is 0. The van der Waals surface area contributed by atoms with Crippen molar-refractivity contribution in [2.75, 3.05) is 13.1 Å². The molecule has 1 saturated heterocycles. The van der Waals surface area contributed by atoms with Gasteiger partial charge in [0, 0.05) is 37.6 Å². The van der Waals surface area contributed by atoms with Crippen LogP contribution < -0.4 is 0 Å². The van der Waals surface area contributed by atoms with Crippen molar-refractivity contribution in [2.24, 2.45) is 5.92 Å². The lowest BCUT2D eigenvalue weighted by atomic mass is 9.93. The van der Waals surface area contributed by atoms with Crippen LogP contribution in [0.25, 0.3) is 5.82 Å². The molecule has 1 N–H and O–H groups in total. The number of amides is 1. The third kappa shape index (κ3) is 3.04. The Morgan fingerprint density at radius 2 is 2.14 bits per heavy atom. The molecule has 1 aliphatic heterocycles. The van der Waals surface area contributed by atoms with Crippen LogP contribution in [0.5, 0.6) is 0 Å². The second-order valence-electron chi connectivity index (χ2n) is 5.89. The first-order valence-electron chi connectivity index (χ1n) is 7.72. The topological polar surface area (TPSA) is 58.4 Å². The summed E-state index contributed by atoms with van der Waals surface area (Å²) in [4.78, 5) is 18.7. The maximum atomic E-state index is 12.6. The molecule has 0 spiro atoms. The molecule has 2 atom stereocenters. The number of likely N-dealkylation sites (tertiary alicyclic amines) is 1. The molecule has 2 aromatic heterocycles. The number of rotatable bonds is 3. The fourth-order valence-corrected chi connectivity index (χ4v) is 2.92. The van der Waals surface area contributed by atoms with Crippen LogP contribution in [0.3, 0.4) is 0 Å². The second kappa shape index (κ2) is 6.32. The van der Waals surface area contributed by atoms with Gasteiger partial charge in [-0.1, -0.05) is 0 Å². The van der Waals surface area contributed by atoms with E-state index >= 15 is 0 Å². The SMILES string of the molecule is CC(O)C1CCCN(C(=O)c2ccc(-n3cccc3)nc2)C1. The molecule has 1 amide bonds. The van der Waals surface area contributed by atoms with E-state index in [9.17, 15) is 9.90 Å².